The summed E-state index contributed by atoms with van der Waals surface area (Å²) in [6, 6.07) is -1.04. The van der Waals surface area contributed by atoms with Crippen LogP contribution in [0.5, 0.6) is 0 Å². The van der Waals surface area contributed by atoms with Crippen molar-refractivity contribution in [2.24, 2.45) is 5.92 Å². The molecule has 0 aromatic heterocycles. The average molecular weight is 389 g/mol. The summed E-state index contributed by atoms with van der Waals surface area (Å²) in [5, 5.41) is 1.32. The Morgan fingerprint density at radius 2 is 1.54 bits per heavy atom. The standard InChI is InChI=1S/C17H27NO7S/c1-6-10(4)15(21)18-14(17(23)25-8-3)11(5)26-13(20)9-12(19)16(22)24-7-2/h10-11,14H,6-9H2,1-5H3,(H,18,21). The summed E-state index contributed by atoms with van der Waals surface area (Å²) in [4.78, 5) is 59.1. The third-order valence-corrected chi connectivity index (χ3v) is 4.54. The molecule has 0 fully saturated rings. The van der Waals surface area contributed by atoms with E-state index in [1.807, 2.05) is 6.92 Å². The lowest BCUT2D eigenvalue weighted by atomic mass is 10.1. The van der Waals surface area contributed by atoms with Crippen molar-refractivity contribution in [3.8, 4) is 0 Å². The van der Waals surface area contributed by atoms with Gasteiger partial charge >= 0.3 is 11.9 Å². The summed E-state index contributed by atoms with van der Waals surface area (Å²) < 4.78 is 9.49. The Morgan fingerprint density at radius 1 is 0.962 bits per heavy atom. The highest BCUT2D eigenvalue weighted by atomic mass is 32.2. The average Bonchev–Trinajstić information content (AvgIpc) is 2.58. The van der Waals surface area contributed by atoms with Crippen molar-refractivity contribution in [2.45, 2.75) is 58.8 Å². The number of esters is 2. The first-order valence-electron chi connectivity index (χ1n) is 8.54. The maximum absolute atomic E-state index is 12.1. The molecule has 0 heterocycles. The summed E-state index contributed by atoms with van der Waals surface area (Å²) in [7, 11) is 0. The Hall–Kier alpha value is -1.90. The summed E-state index contributed by atoms with van der Waals surface area (Å²) in [5.74, 6) is -3.30. The molecule has 0 rings (SSSR count). The van der Waals surface area contributed by atoms with Crippen LogP contribution >= 0.6 is 11.8 Å². The molecule has 0 bridgehead atoms. The van der Waals surface area contributed by atoms with E-state index in [0.29, 0.717) is 18.2 Å². The van der Waals surface area contributed by atoms with Gasteiger partial charge in [0.2, 0.25) is 11.7 Å². The molecule has 0 aromatic carbocycles. The fraction of sp³-hybridized carbons (Fsp3) is 0.706. The van der Waals surface area contributed by atoms with Crippen LogP contribution in [0, 0.1) is 5.92 Å². The zero-order valence-corrected chi connectivity index (χ0v) is 16.6. The number of hydrogen-bond acceptors (Lipinski definition) is 8. The van der Waals surface area contributed by atoms with Gasteiger partial charge in [0.1, 0.15) is 6.04 Å². The van der Waals surface area contributed by atoms with Crippen LogP contribution in [-0.4, -0.2) is 53.2 Å². The number of carbonyl (C=O) groups excluding carboxylic acids is 5. The monoisotopic (exact) mass is 389 g/mol. The molecule has 9 heteroatoms. The van der Waals surface area contributed by atoms with Crippen LogP contribution in [0.4, 0.5) is 0 Å². The number of ether oxygens (including phenoxy) is 2. The lowest BCUT2D eigenvalue weighted by Crippen LogP contribution is -2.49. The molecule has 0 aliphatic rings. The molecule has 0 aliphatic heterocycles. The minimum absolute atomic E-state index is 0.0366. The molecule has 0 aromatic rings. The third kappa shape index (κ3) is 8.46. The van der Waals surface area contributed by atoms with Gasteiger partial charge in [-0.1, -0.05) is 32.5 Å². The lowest BCUT2D eigenvalue weighted by Gasteiger charge is -2.23. The molecule has 8 nitrogen and oxygen atoms in total. The van der Waals surface area contributed by atoms with E-state index in [1.54, 1.807) is 27.7 Å². The van der Waals surface area contributed by atoms with E-state index in [4.69, 9.17) is 4.74 Å². The number of hydrogen-bond donors (Lipinski definition) is 1. The molecule has 0 saturated carbocycles. The van der Waals surface area contributed by atoms with Crippen LogP contribution in [0.15, 0.2) is 0 Å². The van der Waals surface area contributed by atoms with Crippen molar-refractivity contribution in [1.29, 1.82) is 0 Å². The van der Waals surface area contributed by atoms with Crippen molar-refractivity contribution in [1.82, 2.24) is 5.32 Å². The van der Waals surface area contributed by atoms with Crippen molar-refractivity contribution in [2.75, 3.05) is 13.2 Å². The van der Waals surface area contributed by atoms with Crippen LogP contribution in [0.2, 0.25) is 0 Å². The molecule has 3 atom stereocenters. The zero-order valence-electron chi connectivity index (χ0n) is 15.8. The Morgan fingerprint density at radius 3 is 2.04 bits per heavy atom. The third-order valence-electron chi connectivity index (χ3n) is 3.49. The van der Waals surface area contributed by atoms with Gasteiger partial charge < -0.3 is 14.8 Å². The largest absolute Gasteiger partial charge is 0.464 e. The maximum atomic E-state index is 12.1. The van der Waals surface area contributed by atoms with Crippen molar-refractivity contribution < 1.29 is 33.4 Å². The van der Waals surface area contributed by atoms with Gasteiger partial charge in [-0.3, -0.25) is 14.4 Å². The molecule has 0 radical (unpaired) electrons. The second-order valence-electron chi connectivity index (χ2n) is 5.56. The Labute approximate surface area is 157 Å². The molecular weight excluding hydrogens is 362 g/mol. The number of ketones is 1. The highest BCUT2D eigenvalue weighted by Crippen LogP contribution is 2.19. The van der Waals surface area contributed by atoms with Gasteiger partial charge in [0.15, 0.2) is 5.12 Å². The second-order valence-corrected chi connectivity index (χ2v) is 7.00. The van der Waals surface area contributed by atoms with Crippen molar-refractivity contribution in [3.63, 3.8) is 0 Å². The Bertz CT molecular complexity index is 535. The van der Waals surface area contributed by atoms with Crippen LogP contribution in [0.1, 0.15) is 47.5 Å². The van der Waals surface area contributed by atoms with E-state index in [9.17, 15) is 24.0 Å². The lowest BCUT2D eigenvalue weighted by molar-refractivity contribution is -0.154. The fourth-order valence-electron chi connectivity index (χ4n) is 1.81. The molecule has 26 heavy (non-hydrogen) atoms. The van der Waals surface area contributed by atoms with Crippen LogP contribution in [0.3, 0.4) is 0 Å². The van der Waals surface area contributed by atoms with E-state index in [-0.39, 0.29) is 25.0 Å². The van der Waals surface area contributed by atoms with E-state index in [0.717, 1.165) is 0 Å². The quantitative estimate of drug-likeness (QED) is 0.319. The predicted molar refractivity (Wildman–Crippen MR) is 96.3 cm³/mol. The first-order valence-corrected chi connectivity index (χ1v) is 9.42. The second kappa shape index (κ2) is 12.5. The fourth-order valence-corrected chi connectivity index (χ4v) is 2.76. The van der Waals surface area contributed by atoms with Gasteiger partial charge in [-0.15, -0.1) is 0 Å². The minimum atomic E-state index is -1.07. The molecule has 148 valence electrons. The van der Waals surface area contributed by atoms with Gasteiger partial charge in [0, 0.05) is 11.2 Å². The van der Waals surface area contributed by atoms with Crippen LogP contribution < -0.4 is 5.32 Å². The molecule has 0 aliphatic carbocycles. The summed E-state index contributed by atoms with van der Waals surface area (Å²) in [5.41, 5.74) is 0. The number of rotatable bonds is 11. The van der Waals surface area contributed by atoms with Crippen molar-refractivity contribution >= 4 is 40.5 Å². The van der Waals surface area contributed by atoms with E-state index < -0.39 is 40.5 Å². The van der Waals surface area contributed by atoms with Crippen molar-refractivity contribution in [3.05, 3.63) is 0 Å². The molecule has 0 spiro atoms. The number of carbonyl (C=O) groups is 5. The summed E-state index contributed by atoms with van der Waals surface area (Å²) in [6.07, 6.45) is -0.0431. The summed E-state index contributed by atoms with van der Waals surface area (Å²) >= 11 is 0.704. The van der Waals surface area contributed by atoms with Gasteiger partial charge in [0.05, 0.1) is 19.6 Å². The first kappa shape index (κ1) is 24.1. The number of amides is 1. The van der Waals surface area contributed by atoms with E-state index in [1.165, 1.54) is 0 Å². The minimum Gasteiger partial charge on any atom is -0.464 e. The van der Waals surface area contributed by atoms with Gasteiger partial charge in [-0.05, 0) is 20.3 Å². The molecule has 1 N–H and O–H groups in total. The number of thioether (sulfide) groups is 1. The van der Waals surface area contributed by atoms with Gasteiger partial charge in [-0.25, -0.2) is 9.59 Å². The van der Waals surface area contributed by atoms with E-state index in [2.05, 4.69) is 10.1 Å². The highest BCUT2D eigenvalue weighted by Gasteiger charge is 2.32. The predicted octanol–water partition coefficient (Wildman–Crippen LogP) is 1.25. The van der Waals surface area contributed by atoms with Crippen LogP contribution in [-0.2, 0) is 33.4 Å². The Kier molecular flexibility index (Phi) is 11.5. The first-order chi connectivity index (χ1) is 12.2. The van der Waals surface area contributed by atoms with Gasteiger partial charge in [0.25, 0.3) is 0 Å². The molecular formula is C17H27NO7S. The topological polar surface area (TPSA) is 116 Å². The zero-order chi connectivity index (χ0) is 20.3. The maximum Gasteiger partial charge on any atom is 0.375 e. The molecule has 1 amide bonds. The normalized spacial score (nSPS) is 13.9. The highest BCUT2D eigenvalue weighted by molar-refractivity contribution is 8.14. The SMILES string of the molecule is CCOC(=O)C(=O)CC(=O)SC(C)C(NC(=O)C(C)CC)C(=O)OCC. The molecule has 0 saturated heterocycles. The summed E-state index contributed by atoms with van der Waals surface area (Å²) in [6.45, 7) is 8.47. The van der Waals surface area contributed by atoms with Gasteiger partial charge in [-0.2, -0.15) is 0 Å². The smallest absolute Gasteiger partial charge is 0.375 e. The number of nitrogens with one attached hydrogen (secondary N) is 1. The number of Topliss-reactive ketones (excluding diaryl/α,β-unsaturated/α-hetero) is 1. The molecule has 3 unspecified atom stereocenters. The van der Waals surface area contributed by atoms with E-state index >= 15 is 0 Å². The van der Waals surface area contributed by atoms with Crippen LogP contribution in [0.25, 0.3) is 0 Å². The Balaban J connectivity index is 4.95.